The number of piperazine rings is 1. The van der Waals surface area contributed by atoms with Gasteiger partial charge in [-0.3, -0.25) is 4.79 Å². The molecule has 0 atom stereocenters. The van der Waals surface area contributed by atoms with Crippen molar-refractivity contribution in [2.45, 2.75) is 20.8 Å². The first-order valence-corrected chi connectivity index (χ1v) is 12.4. The molecule has 6 nitrogen and oxygen atoms in total. The van der Waals surface area contributed by atoms with Crippen LogP contribution in [0, 0.1) is 19.7 Å². The lowest BCUT2D eigenvalue weighted by molar-refractivity contribution is 0.103. The SMILES string of the molecule is CCN1CCN(c2ccc(NC(=O)c3cc4c(C)nn(-c5ccc(F)cc5)c4s3)c(C)c2)CC1. The maximum atomic E-state index is 13.3. The Balaban J connectivity index is 1.35. The van der Waals surface area contributed by atoms with Gasteiger partial charge in [0.05, 0.1) is 16.3 Å². The molecule has 0 spiro atoms. The zero-order valence-corrected chi connectivity index (χ0v) is 20.5. The second-order valence-electron chi connectivity index (χ2n) is 8.68. The van der Waals surface area contributed by atoms with Gasteiger partial charge >= 0.3 is 0 Å². The highest BCUT2D eigenvalue weighted by molar-refractivity contribution is 7.20. The molecule has 176 valence electrons. The fourth-order valence-electron chi connectivity index (χ4n) is 4.41. The van der Waals surface area contributed by atoms with Crippen LogP contribution in [-0.4, -0.2) is 53.3 Å². The first-order chi connectivity index (χ1) is 16.4. The van der Waals surface area contributed by atoms with E-state index < -0.39 is 0 Å². The van der Waals surface area contributed by atoms with E-state index in [0.717, 1.165) is 65.6 Å². The Morgan fingerprint density at radius 3 is 2.41 bits per heavy atom. The van der Waals surface area contributed by atoms with Gasteiger partial charge in [-0.2, -0.15) is 5.10 Å². The Bertz CT molecular complexity index is 1340. The summed E-state index contributed by atoms with van der Waals surface area (Å²) < 4.78 is 15.1. The van der Waals surface area contributed by atoms with Crippen molar-refractivity contribution in [3.05, 3.63) is 70.5 Å². The molecule has 2 aromatic heterocycles. The predicted molar refractivity (Wildman–Crippen MR) is 137 cm³/mol. The van der Waals surface area contributed by atoms with Gasteiger partial charge < -0.3 is 15.1 Å². The number of carbonyl (C=O) groups excluding carboxylic acids is 1. The summed E-state index contributed by atoms with van der Waals surface area (Å²) in [6, 6.07) is 14.3. The van der Waals surface area contributed by atoms with Crippen molar-refractivity contribution in [3.63, 3.8) is 0 Å². The van der Waals surface area contributed by atoms with Crippen LogP contribution in [0.25, 0.3) is 15.9 Å². The third kappa shape index (κ3) is 4.31. The quantitative estimate of drug-likeness (QED) is 0.427. The summed E-state index contributed by atoms with van der Waals surface area (Å²) in [5, 5.41) is 8.58. The largest absolute Gasteiger partial charge is 0.369 e. The molecule has 8 heteroatoms. The zero-order chi connectivity index (χ0) is 23.8. The molecule has 5 rings (SSSR count). The van der Waals surface area contributed by atoms with Crippen LogP contribution >= 0.6 is 11.3 Å². The first-order valence-electron chi connectivity index (χ1n) is 11.6. The van der Waals surface area contributed by atoms with Crippen LogP contribution in [-0.2, 0) is 0 Å². The lowest BCUT2D eigenvalue weighted by Crippen LogP contribution is -2.46. The molecule has 1 saturated heterocycles. The van der Waals surface area contributed by atoms with Crippen molar-refractivity contribution in [1.29, 1.82) is 0 Å². The molecule has 1 N–H and O–H groups in total. The number of fused-ring (bicyclic) bond motifs is 1. The average molecular weight is 478 g/mol. The second-order valence-corrected chi connectivity index (χ2v) is 9.71. The van der Waals surface area contributed by atoms with E-state index in [1.165, 1.54) is 29.2 Å². The van der Waals surface area contributed by atoms with E-state index in [4.69, 9.17) is 0 Å². The average Bonchev–Trinajstić information content (AvgIpc) is 3.42. The van der Waals surface area contributed by atoms with Crippen molar-refractivity contribution in [2.24, 2.45) is 0 Å². The molecule has 1 aliphatic rings. The lowest BCUT2D eigenvalue weighted by Gasteiger charge is -2.35. The Morgan fingerprint density at radius 2 is 1.74 bits per heavy atom. The van der Waals surface area contributed by atoms with Crippen LogP contribution in [0.3, 0.4) is 0 Å². The molecule has 34 heavy (non-hydrogen) atoms. The van der Waals surface area contributed by atoms with E-state index >= 15 is 0 Å². The van der Waals surface area contributed by atoms with Crippen LogP contribution in [0.5, 0.6) is 0 Å². The number of nitrogens with one attached hydrogen (secondary N) is 1. The lowest BCUT2D eigenvalue weighted by atomic mass is 10.1. The van der Waals surface area contributed by atoms with Gasteiger partial charge in [0.2, 0.25) is 0 Å². The highest BCUT2D eigenvalue weighted by Gasteiger charge is 2.19. The molecule has 1 amide bonds. The molecular weight excluding hydrogens is 449 g/mol. The Morgan fingerprint density at radius 1 is 1.03 bits per heavy atom. The van der Waals surface area contributed by atoms with Crippen LogP contribution in [0.1, 0.15) is 27.9 Å². The molecule has 0 aliphatic carbocycles. The summed E-state index contributed by atoms with van der Waals surface area (Å²) in [6.07, 6.45) is 0. The number of aromatic nitrogens is 2. The minimum Gasteiger partial charge on any atom is -0.369 e. The summed E-state index contributed by atoms with van der Waals surface area (Å²) in [4.78, 5) is 19.4. The number of likely N-dealkylation sites (N-methyl/N-ethyl adjacent to an activating group) is 1. The summed E-state index contributed by atoms with van der Waals surface area (Å²) in [5.74, 6) is -0.432. The van der Waals surface area contributed by atoms with E-state index in [2.05, 4.69) is 39.3 Å². The van der Waals surface area contributed by atoms with Crippen LogP contribution in [0.15, 0.2) is 48.5 Å². The third-order valence-electron chi connectivity index (χ3n) is 6.48. The number of anilines is 2. The summed E-state index contributed by atoms with van der Waals surface area (Å²) in [6.45, 7) is 11.4. The zero-order valence-electron chi connectivity index (χ0n) is 19.6. The number of benzene rings is 2. The maximum Gasteiger partial charge on any atom is 0.265 e. The summed E-state index contributed by atoms with van der Waals surface area (Å²) >= 11 is 1.39. The standard InChI is InChI=1S/C26H28FN5OS/c1-4-30-11-13-31(14-12-30)21-9-10-23(17(2)15-21)28-25(33)24-16-22-18(3)29-32(26(22)34-24)20-7-5-19(27)6-8-20/h5-10,15-16H,4,11-14H2,1-3H3,(H,28,33). The molecule has 1 fully saturated rings. The van der Waals surface area contributed by atoms with E-state index in [1.807, 2.05) is 26.0 Å². The molecular formula is C26H28FN5OS. The Kier molecular flexibility index (Phi) is 6.10. The van der Waals surface area contributed by atoms with Gasteiger partial charge in [0.1, 0.15) is 10.6 Å². The highest BCUT2D eigenvalue weighted by atomic mass is 32.1. The normalized spacial score (nSPS) is 14.6. The van der Waals surface area contributed by atoms with Crippen molar-refractivity contribution in [3.8, 4) is 5.69 Å². The second kappa shape index (κ2) is 9.19. The van der Waals surface area contributed by atoms with Gasteiger partial charge in [0.25, 0.3) is 5.91 Å². The first kappa shape index (κ1) is 22.6. The Labute approximate surface area is 202 Å². The number of rotatable bonds is 5. The minimum absolute atomic E-state index is 0.140. The number of amides is 1. The smallest absolute Gasteiger partial charge is 0.265 e. The van der Waals surface area contributed by atoms with Gasteiger partial charge in [0.15, 0.2) is 0 Å². The summed E-state index contributed by atoms with van der Waals surface area (Å²) in [5.41, 5.74) is 4.65. The van der Waals surface area contributed by atoms with Crippen LogP contribution in [0.2, 0.25) is 0 Å². The van der Waals surface area contributed by atoms with E-state index in [9.17, 15) is 9.18 Å². The number of halogens is 1. The van der Waals surface area contributed by atoms with Crippen LogP contribution < -0.4 is 10.2 Å². The van der Waals surface area contributed by atoms with Gasteiger partial charge in [-0.15, -0.1) is 11.3 Å². The molecule has 0 saturated carbocycles. The molecule has 0 bridgehead atoms. The topological polar surface area (TPSA) is 53.4 Å². The van der Waals surface area contributed by atoms with Crippen molar-refractivity contribution < 1.29 is 9.18 Å². The number of thiophene rings is 1. The Hall–Kier alpha value is -3.23. The van der Waals surface area contributed by atoms with E-state index in [0.29, 0.717) is 4.88 Å². The number of carbonyl (C=O) groups is 1. The number of hydrogen-bond acceptors (Lipinski definition) is 5. The molecule has 0 unspecified atom stereocenters. The van der Waals surface area contributed by atoms with Crippen molar-refractivity contribution >= 4 is 38.8 Å². The summed E-state index contributed by atoms with van der Waals surface area (Å²) in [7, 11) is 0. The molecule has 1 aliphatic heterocycles. The van der Waals surface area contributed by atoms with Crippen molar-refractivity contribution in [2.75, 3.05) is 42.9 Å². The molecule has 2 aromatic carbocycles. The van der Waals surface area contributed by atoms with E-state index in [1.54, 1.807) is 16.8 Å². The van der Waals surface area contributed by atoms with E-state index in [-0.39, 0.29) is 11.7 Å². The van der Waals surface area contributed by atoms with Crippen LogP contribution in [0.4, 0.5) is 15.8 Å². The monoisotopic (exact) mass is 477 g/mol. The highest BCUT2D eigenvalue weighted by Crippen LogP contribution is 2.31. The van der Waals surface area contributed by atoms with Gasteiger partial charge in [-0.25, -0.2) is 9.07 Å². The maximum absolute atomic E-state index is 13.3. The van der Waals surface area contributed by atoms with Gasteiger partial charge in [0, 0.05) is 42.9 Å². The minimum atomic E-state index is -0.292. The fraction of sp³-hybridized carbons (Fsp3) is 0.308. The van der Waals surface area contributed by atoms with Gasteiger partial charge in [-0.1, -0.05) is 6.92 Å². The number of aryl methyl sites for hydroxylation is 2. The number of hydrogen-bond donors (Lipinski definition) is 1. The molecule has 3 heterocycles. The van der Waals surface area contributed by atoms with Gasteiger partial charge in [-0.05, 0) is 74.5 Å². The predicted octanol–water partition coefficient (Wildman–Crippen LogP) is 5.24. The number of nitrogens with zero attached hydrogens (tertiary/aromatic N) is 4. The van der Waals surface area contributed by atoms with Crippen molar-refractivity contribution in [1.82, 2.24) is 14.7 Å². The fourth-order valence-corrected chi connectivity index (χ4v) is 5.49. The molecule has 4 aromatic rings. The third-order valence-corrected chi connectivity index (χ3v) is 7.59. The molecule has 0 radical (unpaired) electrons.